The minimum Gasteiger partial charge on any atom is -0.384 e. The fourth-order valence-corrected chi connectivity index (χ4v) is 2.57. The predicted molar refractivity (Wildman–Crippen MR) is 94.4 cm³/mol. The molecule has 1 aromatic carbocycles. The molecule has 25 heavy (non-hydrogen) atoms. The van der Waals surface area contributed by atoms with Gasteiger partial charge in [-0.3, -0.25) is 4.79 Å². The Labute approximate surface area is 151 Å². The molecule has 3 N–H and O–H groups in total. The number of halogens is 3. The van der Waals surface area contributed by atoms with Crippen LogP contribution in [0.4, 0.5) is 20.2 Å². The molecular formula is C14H22ClF2N3O4S. The van der Waals surface area contributed by atoms with Crippen LogP contribution in [0.25, 0.3) is 0 Å². The van der Waals surface area contributed by atoms with Crippen LogP contribution in [0.5, 0.6) is 0 Å². The molecule has 0 aliphatic carbocycles. The van der Waals surface area contributed by atoms with E-state index in [2.05, 4.69) is 16.0 Å². The minimum atomic E-state index is -4.74. The predicted octanol–water partition coefficient (Wildman–Crippen LogP) is 1.71. The molecule has 1 aromatic rings. The number of carbonyl (C=O) groups is 1. The first-order valence-corrected chi connectivity index (χ1v) is 8.77. The standard InChI is InChI=1S/C14H21F2N3O4S.ClH/c1-3-18-11-5-4-10(24(21,22)14(15)16)8-12(11)19-13(20)9-17-6-7-23-2;/h4-5,8,14,17-18H,3,6-7,9H2,1-2H3,(H,19,20);1H. The van der Waals surface area contributed by atoms with Gasteiger partial charge in [-0.05, 0) is 25.1 Å². The van der Waals surface area contributed by atoms with Gasteiger partial charge in [-0.2, -0.15) is 8.78 Å². The number of ether oxygens (including phenoxy) is 1. The molecule has 144 valence electrons. The Balaban J connectivity index is 0.00000576. The van der Waals surface area contributed by atoms with Crippen molar-refractivity contribution in [3.8, 4) is 0 Å². The minimum absolute atomic E-state index is 0. The average molecular weight is 402 g/mol. The fraction of sp³-hybridized carbons (Fsp3) is 0.500. The highest BCUT2D eigenvalue weighted by Gasteiger charge is 2.27. The smallest absolute Gasteiger partial charge is 0.341 e. The fourth-order valence-electron chi connectivity index (χ4n) is 1.82. The molecule has 1 amide bonds. The van der Waals surface area contributed by atoms with Gasteiger partial charge >= 0.3 is 5.76 Å². The van der Waals surface area contributed by atoms with E-state index in [1.165, 1.54) is 13.2 Å². The van der Waals surface area contributed by atoms with Crippen molar-refractivity contribution >= 4 is 39.5 Å². The topological polar surface area (TPSA) is 96.5 Å². The zero-order valence-corrected chi connectivity index (χ0v) is 15.5. The van der Waals surface area contributed by atoms with Gasteiger partial charge in [0.1, 0.15) is 0 Å². The van der Waals surface area contributed by atoms with Gasteiger partial charge in [0, 0.05) is 20.2 Å². The van der Waals surface area contributed by atoms with Crippen LogP contribution in [-0.4, -0.2) is 53.4 Å². The highest BCUT2D eigenvalue weighted by Crippen LogP contribution is 2.28. The van der Waals surface area contributed by atoms with Crippen LogP contribution in [0.15, 0.2) is 23.1 Å². The summed E-state index contributed by atoms with van der Waals surface area (Å²) >= 11 is 0. The van der Waals surface area contributed by atoms with Crippen LogP contribution < -0.4 is 16.0 Å². The van der Waals surface area contributed by atoms with E-state index in [0.717, 1.165) is 12.1 Å². The number of anilines is 2. The van der Waals surface area contributed by atoms with E-state index >= 15 is 0 Å². The van der Waals surface area contributed by atoms with E-state index in [9.17, 15) is 22.0 Å². The molecule has 0 saturated heterocycles. The van der Waals surface area contributed by atoms with E-state index in [0.29, 0.717) is 25.4 Å². The Morgan fingerprint density at radius 3 is 2.52 bits per heavy atom. The normalized spacial score (nSPS) is 11.1. The number of benzene rings is 1. The quantitative estimate of drug-likeness (QED) is 0.516. The van der Waals surface area contributed by atoms with E-state index in [4.69, 9.17) is 4.74 Å². The molecule has 0 aromatic heterocycles. The highest BCUT2D eigenvalue weighted by molar-refractivity contribution is 7.91. The van der Waals surface area contributed by atoms with Crippen molar-refractivity contribution in [2.45, 2.75) is 17.6 Å². The van der Waals surface area contributed by atoms with Crippen molar-refractivity contribution in [3.05, 3.63) is 18.2 Å². The van der Waals surface area contributed by atoms with Crippen molar-refractivity contribution in [1.82, 2.24) is 5.32 Å². The maximum Gasteiger partial charge on any atom is 0.341 e. The largest absolute Gasteiger partial charge is 0.384 e. The second kappa shape index (κ2) is 11.2. The summed E-state index contributed by atoms with van der Waals surface area (Å²) in [5.74, 6) is -3.96. The number of nitrogens with one attached hydrogen (secondary N) is 3. The molecule has 0 heterocycles. The number of alkyl halides is 2. The molecule has 0 spiro atoms. The highest BCUT2D eigenvalue weighted by atomic mass is 35.5. The third-order valence-corrected chi connectivity index (χ3v) is 4.34. The van der Waals surface area contributed by atoms with Gasteiger partial charge in [0.25, 0.3) is 0 Å². The number of sulfone groups is 1. The second-order valence-electron chi connectivity index (χ2n) is 4.76. The monoisotopic (exact) mass is 401 g/mol. The third-order valence-electron chi connectivity index (χ3n) is 2.96. The first-order valence-electron chi connectivity index (χ1n) is 7.22. The number of hydrogen-bond acceptors (Lipinski definition) is 6. The Bertz CT molecular complexity index is 659. The van der Waals surface area contributed by atoms with E-state index < -0.39 is 26.4 Å². The second-order valence-corrected chi connectivity index (χ2v) is 6.68. The van der Waals surface area contributed by atoms with Gasteiger partial charge in [0.2, 0.25) is 15.7 Å². The number of carbonyl (C=O) groups excluding carboxylic acids is 1. The van der Waals surface area contributed by atoms with Gasteiger partial charge in [-0.25, -0.2) is 8.42 Å². The molecular weight excluding hydrogens is 380 g/mol. The molecule has 11 heteroatoms. The van der Waals surface area contributed by atoms with E-state index in [-0.39, 0.29) is 24.6 Å². The summed E-state index contributed by atoms with van der Waals surface area (Å²) in [5.41, 5.74) is 0.563. The lowest BCUT2D eigenvalue weighted by atomic mass is 10.2. The lowest BCUT2D eigenvalue weighted by molar-refractivity contribution is -0.115. The molecule has 0 fully saturated rings. The van der Waals surface area contributed by atoms with Gasteiger partial charge in [-0.1, -0.05) is 0 Å². The molecule has 0 aliphatic heterocycles. The van der Waals surface area contributed by atoms with E-state index in [1.54, 1.807) is 0 Å². The van der Waals surface area contributed by atoms with Crippen molar-refractivity contribution in [1.29, 1.82) is 0 Å². The van der Waals surface area contributed by atoms with Crippen LogP contribution in [0.3, 0.4) is 0 Å². The summed E-state index contributed by atoms with van der Waals surface area (Å²) in [6, 6.07) is 3.44. The van der Waals surface area contributed by atoms with Crippen LogP contribution in [-0.2, 0) is 19.4 Å². The van der Waals surface area contributed by atoms with Crippen molar-refractivity contribution in [2.75, 3.05) is 44.0 Å². The number of hydrogen-bond donors (Lipinski definition) is 3. The Hall–Kier alpha value is -1.49. The zero-order valence-electron chi connectivity index (χ0n) is 13.8. The number of amides is 1. The Morgan fingerprint density at radius 2 is 1.96 bits per heavy atom. The molecule has 0 atom stereocenters. The molecule has 0 bridgehead atoms. The number of methoxy groups -OCH3 is 1. The third kappa shape index (κ3) is 7.10. The zero-order chi connectivity index (χ0) is 18.2. The average Bonchev–Trinajstić information content (AvgIpc) is 2.53. The van der Waals surface area contributed by atoms with E-state index in [1.807, 2.05) is 6.92 Å². The van der Waals surface area contributed by atoms with Crippen LogP contribution in [0.1, 0.15) is 6.92 Å². The van der Waals surface area contributed by atoms with Gasteiger partial charge < -0.3 is 20.7 Å². The Kier molecular flexibility index (Phi) is 10.5. The van der Waals surface area contributed by atoms with Gasteiger partial charge in [0.15, 0.2) is 0 Å². The lowest BCUT2D eigenvalue weighted by Gasteiger charge is -2.14. The SMILES string of the molecule is CCNc1ccc(S(=O)(=O)C(F)F)cc1NC(=O)CNCCOC.Cl. The van der Waals surface area contributed by atoms with Gasteiger partial charge in [0.05, 0.1) is 29.4 Å². The van der Waals surface area contributed by atoms with Crippen LogP contribution in [0, 0.1) is 0 Å². The maximum atomic E-state index is 12.7. The molecule has 0 saturated carbocycles. The molecule has 1 rings (SSSR count). The lowest BCUT2D eigenvalue weighted by Crippen LogP contribution is -2.30. The first kappa shape index (κ1) is 23.5. The molecule has 0 radical (unpaired) electrons. The summed E-state index contributed by atoms with van der Waals surface area (Å²) < 4.78 is 53.3. The van der Waals surface area contributed by atoms with Crippen molar-refractivity contribution in [3.63, 3.8) is 0 Å². The van der Waals surface area contributed by atoms with Crippen molar-refractivity contribution in [2.24, 2.45) is 0 Å². The number of rotatable bonds is 10. The summed E-state index contributed by atoms with van der Waals surface area (Å²) in [5, 5.41) is 8.26. The summed E-state index contributed by atoms with van der Waals surface area (Å²) in [6.45, 7) is 3.18. The molecule has 0 aliphatic rings. The molecule has 7 nitrogen and oxygen atoms in total. The van der Waals surface area contributed by atoms with Gasteiger partial charge in [-0.15, -0.1) is 12.4 Å². The summed E-state index contributed by atoms with van der Waals surface area (Å²) in [7, 11) is -3.21. The van der Waals surface area contributed by atoms with Crippen molar-refractivity contribution < 1.29 is 26.7 Å². The Morgan fingerprint density at radius 1 is 1.28 bits per heavy atom. The summed E-state index contributed by atoms with van der Waals surface area (Å²) in [6.07, 6.45) is 0. The molecule has 0 unspecified atom stereocenters. The maximum absolute atomic E-state index is 12.7. The summed E-state index contributed by atoms with van der Waals surface area (Å²) in [4.78, 5) is 11.3. The van der Waals surface area contributed by atoms with Crippen LogP contribution in [0.2, 0.25) is 0 Å². The van der Waals surface area contributed by atoms with Crippen LogP contribution >= 0.6 is 12.4 Å². The first-order chi connectivity index (χ1) is 11.3.